The number of carbonyl (C=O) groups excluding carboxylic acids is 1. The topological polar surface area (TPSA) is 85.8 Å². The number of aromatic nitrogens is 2. The third-order valence-electron chi connectivity index (χ3n) is 5.69. The summed E-state index contributed by atoms with van der Waals surface area (Å²) >= 11 is 0. The second kappa shape index (κ2) is 11.0. The SMILES string of the molecule is O=C(COCC1CCCOC1)NC1CCN(c2cccc(Oc3cnc(C(F)(F)F)nc3)c2)C1. The van der Waals surface area contributed by atoms with Crippen molar-refractivity contribution in [1.82, 2.24) is 15.3 Å². The van der Waals surface area contributed by atoms with Crippen molar-refractivity contribution < 1.29 is 32.2 Å². The normalized spacial score (nSPS) is 20.9. The van der Waals surface area contributed by atoms with Crippen molar-refractivity contribution in [3.05, 3.63) is 42.5 Å². The summed E-state index contributed by atoms with van der Waals surface area (Å²) in [5.41, 5.74) is 0.885. The van der Waals surface area contributed by atoms with E-state index in [9.17, 15) is 18.0 Å². The number of halogens is 3. The van der Waals surface area contributed by atoms with E-state index < -0.39 is 12.0 Å². The molecule has 0 saturated carbocycles. The van der Waals surface area contributed by atoms with Gasteiger partial charge in [0.2, 0.25) is 11.7 Å². The molecule has 1 amide bonds. The molecule has 8 nitrogen and oxygen atoms in total. The molecule has 0 aliphatic carbocycles. The van der Waals surface area contributed by atoms with Crippen LogP contribution in [-0.4, -0.2) is 61.4 Å². The van der Waals surface area contributed by atoms with Gasteiger partial charge in [-0.15, -0.1) is 0 Å². The molecule has 2 fully saturated rings. The van der Waals surface area contributed by atoms with Crippen LogP contribution in [0.4, 0.5) is 18.9 Å². The number of amides is 1. The highest BCUT2D eigenvalue weighted by Gasteiger charge is 2.34. The first-order valence-corrected chi connectivity index (χ1v) is 11.2. The highest BCUT2D eigenvalue weighted by atomic mass is 19.4. The van der Waals surface area contributed by atoms with Crippen LogP contribution >= 0.6 is 0 Å². The van der Waals surface area contributed by atoms with E-state index in [1.165, 1.54) is 0 Å². The lowest BCUT2D eigenvalue weighted by molar-refractivity contribution is -0.145. The molecule has 3 heterocycles. The van der Waals surface area contributed by atoms with Gasteiger partial charge in [0, 0.05) is 43.4 Å². The maximum atomic E-state index is 12.6. The summed E-state index contributed by atoms with van der Waals surface area (Å²) in [6.07, 6.45) is 0.271. The van der Waals surface area contributed by atoms with Gasteiger partial charge in [-0.25, -0.2) is 9.97 Å². The fraction of sp³-hybridized carbons (Fsp3) is 0.522. The number of rotatable bonds is 8. The van der Waals surface area contributed by atoms with Crippen molar-refractivity contribution in [2.75, 3.05) is 44.4 Å². The van der Waals surface area contributed by atoms with Gasteiger partial charge in [-0.05, 0) is 31.4 Å². The van der Waals surface area contributed by atoms with Crippen LogP contribution < -0.4 is 15.0 Å². The molecule has 0 radical (unpaired) electrons. The Hall–Kier alpha value is -2.92. The molecule has 4 rings (SSSR count). The van der Waals surface area contributed by atoms with Crippen LogP contribution in [0.1, 0.15) is 25.1 Å². The number of nitrogens with zero attached hydrogens (tertiary/aromatic N) is 3. The molecule has 0 bridgehead atoms. The van der Waals surface area contributed by atoms with Crippen molar-refractivity contribution >= 4 is 11.6 Å². The first-order valence-electron chi connectivity index (χ1n) is 11.2. The van der Waals surface area contributed by atoms with Crippen molar-refractivity contribution in [3.63, 3.8) is 0 Å². The Bertz CT molecular complexity index is 952. The van der Waals surface area contributed by atoms with Crippen molar-refractivity contribution in [2.45, 2.75) is 31.5 Å². The zero-order chi connectivity index (χ0) is 24.0. The third-order valence-corrected chi connectivity index (χ3v) is 5.69. The molecule has 0 spiro atoms. The Morgan fingerprint density at radius 3 is 2.76 bits per heavy atom. The fourth-order valence-corrected chi connectivity index (χ4v) is 4.03. The van der Waals surface area contributed by atoms with Crippen molar-refractivity contribution in [1.29, 1.82) is 0 Å². The Morgan fingerprint density at radius 1 is 1.21 bits per heavy atom. The summed E-state index contributed by atoms with van der Waals surface area (Å²) in [5.74, 6) is -0.438. The van der Waals surface area contributed by atoms with Crippen LogP contribution in [0.5, 0.6) is 11.5 Å². The fourth-order valence-electron chi connectivity index (χ4n) is 4.03. The van der Waals surface area contributed by atoms with Gasteiger partial charge in [0.1, 0.15) is 12.4 Å². The average molecular weight is 480 g/mol. The minimum absolute atomic E-state index is 0.00185. The quantitative estimate of drug-likeness (QED) is 0.620. The number of ether oxygens (including phenoxy) is 3. The van der Waals surface area contributed by atoms with E-state index in [4.69, 9.17) is 14.2 Å². The van der Waals surface area contributed by atoms with E-state index >= 15 is 0 Å². The first-order chi connectivity index (χ1) is 16.4. The predicted octanol–water partition coefficient (Wildman–Crippen LogP) is 3.43. The van der Waals surface area contributed by atoms with Gasteiger partial charge in [0.15, 0.2) is 5.75 Å². The lowest BCUT2D eigenvalue weighted by atomic mass is 10.0. The molecule has 34 heavy (non-hydrogen) atoms. The summed E-state index contributed by atoms with van der Waals surface area (Å²) in [6.45, 7) is 3.43. The number of nitrogens with one attached hydrogen (secondary N) is 1. The minimum Gasteiger partial charge on any atom is -0.454 e. The number of hydrogen-bond acceptors (Lipinski definition) is 7. The maximum Gasteiger partial charge on any atom is 0.451 e. The van der Waals surface area contributed by atoms with E-state index in [1.807, 2.05) is 6.07 Å². The summed E-state index contributed by atoms with van der Waals surface area (Å²) < 4.78 is 54.4. The van der Waals surface area contributed by atoms with Crippen LogP contribution in [0.3, 0.4) is 0 Å². The van der Waals surface area contributed by atoms with E-state index in [0.29, 0.717) is 31.4 Å². The second-order valence-corrected chi connectivity index (χ2v) is 8.44. The van der Waals surface area contributed by atoms with Crippen LogP contribution in [-0.2, 0) is 20.4 Å². The van der Waals surface area contributed by atoms with Crippen LogP contribution in [0, 0.1) is 5.92 Å². The van der Waals surface area contributed by atoms with Gasteiger partial charge in [-0.2, -0.15) is 13.2 Å². The molecule has 1 aromatic carbocycles. The highest BCUT2D eigenvalue weighted by Crippen LogP contribution is 2.29. The standard InChI is InChI=1S/C23H27F3N4O4/c24-23(25,26)22-27-10-20(11-28-22)34-19-5-1-4-18(9-19)30-7-6-17(12-30)29-21(31)15-33-14-16-3-2-8-32-13-16/h1,4-5,9-11,16-17H,2-3,6-8,12-15H2,(H,29,31). The molecule has 1 N–H and O–H groups in total. The molecule has 184 valence electrons. The average Bonchev–Trinajstić information content (AvgIpc) is 3.28. The summed E-state index contributed by atoms with van der Waals surface area (Å²) in [6, 6.07) is 7.20. The minimum atomic E-state index is -4.60. The lowest BCUT2D eigenvalue weighted by Gasteiger charge is -2.22. The Labute approximate surface area is 195 Å². The molecular formula is C23H27F3N4O4. The Balaban J connectivity index is 1.24. The third kappa shape index (κ3) is 6.80. The lowest BCUT2D eigenvalue weighted by Crippen LogP contribution is -2.39. The molecule has 2 atom stereocenters. The number of anilines is 1. The van der Waals surface area contributed by atoms with Crippen molar-refractivity contribution in [2.24, 2.45) is 5.92 Å². The van der Waals surface area contributed by atoms with E-state index in [-0.39, 0.29) is 24.3 Å². The van der Waals surface area contributed by atoms with Gasteiger partial charge in [0.05, 0.1) is 25.6 Å². The maximum absolute atomic E-state index is 12.6. The predicted molar refractivity (Wildman–Crippen MR) is 117 cm³/mol. The summed E-state index contributed by atoms with van der Waals surface area (Å²) in [4.78, 5) is 21.0. The Kier molecular flexibility index (Phi) is 7.84. The number of benzene rings is 1. The van der Waals surface area contributed by atoms with Crippen LogP contribution in [0.2, 0.25) is 0 Å². The van der Waals surface area contributed by atoms with Gasteiger partial charge >= 0.3 is 6.18 Å². The van der Waals surface area contributed by atoms with Crippen LogP contribution in [0.25, 0.3) is 0 Å². The molecule has 2 aliphatic rings. The summed E-state index contributed by atoms with van der Waals surface area (Å²) in [5, 5.41) is 3.01. The van der Waals surface area contributed by atoms with Crippen molar-refractivity contribution in [3.8, 4) is 11.5 Å². The highest BCUT2D eigenvalue weighted by molar-refractivity contribution is 5.77. The molecule has 2 aliphatic heterocycles. The molecular weight excluding hydrogens is 453 g/mol. The van der Waals surface area contributed by atoms with E-state index in [0.717, 1.165) is 50.5 Å². The smallest absolute Gasteiger partial charge is 0.451 e. The molecule has 1 aromatic heterocycles. The monoisotopic (exact) mass is 480 g/mol. The molecule has 2 unspecified atom stereocenters. The number of alkyl halides is 3. The zero-order valence-electron chi connectivity index (χ0n) is 18.6. The first kappa shape index (κ1) is 24.2. The van der Waals surface area contributed by atoms with Gasteiger partial charge < -0.3 is 24.4 Å². The molecule has 11 heteroatoms. The van der Waals surface area contributed by atoms with E-state index in [1.54, 1.807) is 18.2 Å². The number of hydrogen-bond donors (Lipinski definition) is 1. The molecule has 2 saturated heterocycles. The largest absolute Gasteiger partial charge is 0.454 e. The number of carbonyl (C=O) groups is 1. The summed E-state index contributed by atoms with van der Waals surface area (Å²) in [7, 11) is 0. The second-order valence-electron chi connectivity index (χ2n) is 8.44. The van der Waals surface area contributed by atoms with Crippen LogP contribution in [0.15, 0.2) is 36.7 Å². The zero-order valence-corrected chi connectivity index (χ0v) is 18.6. The van der Waals surface area contributed by atoms with E-state index in [2.05, 4.69) is 20.2 Å². The van der Waals surface area contributed by atoms with Gasteiger partial charge in [0.25, 0.3) is 0 Å². The molecule has 2 aromatic rings. The van der Waals surface area contributed by atoms with Gasteiger partial charge in [-0.3, -0.25) is 4.79 Å². The Morgan fingerprint density at radius 2 is 2.03 bits per heavy atom. The van der Waals surface area contributed by atoms with Gasteiger partial charge in [-0.1, -0.05) is 6.07 Å².